The number of phenolic OH excluding ortho intramolecular Hbond substituents is 1. The number of aromatic nitrogens is 3. The lowest BCUT2D eigenvalue weighted by molar-refractivity contribution is 0.465. The van der Waals surface area contributed by atoms with Gasteiger partial charge in [0.15, 0.2) is 5.75 Å². The summed E-state index contributed by atoms with van der Waals surface area (Å²) in [5.41, 5.74) is 6.33. The average Bonchev–Trinajstić information content (AvgIpc) is 3.29. The number of nitrogens with zero attached hydrogens (tertiary/aromatic N) is 3. The molecule has 0 aliphatic rings. The Kier molecular flexibility index (Phi) is 5.06. The van der Waals surface area contributed by atoms with Gasteiger partial charge in [-0.25, -0.2) is 0 Å². The fraction of sp³-hybridized carbons (Fsp3) is 0.103. The minimum Gasteiger partial charge on any atom is -0.505 e. The monoisotopic (exact) mass is 431 g/mol. The maximum atomic E-state index is 11.4. The molecule has 162 valence electrons. The Morgan fingerprint density at radius 2 is 1.30 bits per heavy atom. The van der Waals surface area contributed by atoms with Crippen molar-refractivity contribution in [3.63, 3.8) is 0 Å². The van der Waals surface area contributed by atoms with E-state index in [-0.39, 0.29) is 11.2 Å². The van der Waals surface area contributed by atoms with Gasteiger partial charge in [-0.3, -0.25) is 0 Å². The van der Waals surface area contributed by atoms with Crippen LogP contribution in [-0.2, 0) is 5.41 Å². The Balaban J connectivity index is 1.75. The first-order valence-corrected chi connectivity index (χ1v) is 11.0. The van der Waals surface area contributed by atoms with E-state index in [1.54, 1.807) is 0 Å². The van der Waals surface area contributed by atoms with Gasteiger partial charge in [0.1, 0.15) is 16.7 Å². The lowest BCUT2D eigenvalue weighted by atomic mass is 9.77. The van der Waals surface area contributed by atoms with Crippen molar-refractivity contribution in [1.82, 2.24) is 15.0 Å². The highest BCUT2D eigenvalue weighted by atomic mass is 16.3. The zero-order valence-corrected chi connectivity index (χ0v) is 18.7. The number of aromatic hydroxyl groups is 1. The second kappa shape index (κ2) is 8.06. The highest BCUT2D eigenvalue weighted by molar-refractivity contribution is 5.84. The second-order valence-corrected chi connectivity index (χ2v) is 8.71. The molecule has 1 heterocycles. The standard InChI is InChI=1S/C29H25N3O/c1-20(21-12-6-4-7-13-21)24-18-23(29(2,3)22-14-8-5-9-15-22)19-27(28(24)33)32-30-25-16-10-11-17-26(25)31-32/h4-19,33H,1H2,2-3H3. The highest BCUT2D eigenvalue weighted by Gasteiger charge is 2.27. The molecule has 0 aliphatic heterocycles. The molecule has 1 aromatic heterocycles. The SMILES string of the molecule is C=C(c1ccccc1)c1cc(C(C)(C)c2ccccc2)cc(-n2nc3ccccc3n2)c1O. The Hall–Kier alpha value is -4.18. The zero-order chi connectivity index (χ0) is 23.0. The molecule has 0 atom stereocenters. The number of hydrogen-bond acceptors (Lipinski definition) is 3. The predicted octanol–water partition coefficient (Wildman–Crippen LogP) is 6.51. The molecule has 4 nitrogen and oxygen atoms in total. The van der Waals surface area contributed by atoms with Crippen LogP contribution in [0.4, 0.5) is 0 Å². The van der Waals surface area contributed by atoms with Crippen LogP contribution in [0, 0.1) is 0 Å². The molecular formula is C29H25N3O. The van der Waals surface area contributed by atoms with E-state index in [9.17, 15) is 5.11 Å². The van der Waals surface area contributed by atoms with Crippen molar-refractivity contribution in [3.8, 4) is 11.4 Å². The molecule has 0 amide bonds. The van der Waals surface area contributed by atoms with Gasteiger partial charge >= 0.3 is 0 Å². The molecule has 0 bridgehead atoms. The molecule has 0 radical (unpaired) electrons. The molecule has 33 heavy (non-hydrogen) atoms. The van der Waals surface area contributed by atoms with Crippen molar-refractivity contribution in [2.75, 3.05) is 0 Å². The molecule has 4 aromatic carbocycles. The largest absolute Gasteiger partial charge is 0.505 e. The summed E-state index contributed by atoms with van der Waals surface area (Å²) in [6.45, 7) is 8.68. The van der Waals surface area contributed by atoms with Gasteiger partial charge in [-0.05, 0) is 46.5 Å². The third kappa shape index (κ3) is 3.70. The first-order valence-electron chi connectivity index (χ1n) is 11.0. The quantitative estimate of drug-likeness (QED) is 0.345. The van der Waals surface area contributed by atoms with Crippen LogP contribution in [0.15, 0.2) is 104 Å². The van der Waals surface area contributed by atoms with Crippen LogP contribution >= 0.6 is 0 Å². The molecular weight excluding hydrogens is 406 g/mol. The summed E-state index contributed by atoms with van der Waals surface area (Å²) in [7, 11) is 0. The van der Waals surface area contributed by atoms with Crippen molar-refractivity contribution < 1.29 is 5.11 Å². The number of phenols is 1. The van der Waals surface area contributed by atoms with Gasteiger partial charge in [-0.1, -0.05) is 93.2 Å². The first kappa shape index (κ1) is 20.7. The topological polar surface area (TPSA) is 50.9 Å². The number of benzene rings is 4. The highest BCUT2D eigenvalue weighted by Crippen LogP contribution is 2.40. The van der Waals surface area contributed by atoms with Crippen molar-refractivity contribution in [2.45, 2.75) is 19.3 Å². The fourth-order valence-corrected chi connectivity index (χ4v) is 4.15. The van der Waals surface area contributed by atoms with Crippen molar-refractivity contribution in [1.29, 1.82) is 0 Å². The van der Waals surface area contributed by atoms with E-state index in [1.807, 2.05) is 84.9 Å². The second-order valence-electron chi connectivity index (χ2n) is 8.71. The third-order valence-electron chi connectivity index (χ3n) is 6.26. The van der Waals surface area contributed by atoms with Crippen molar-refractivity contribution in [3.05, 3.63) is 126 Å². The minimum absolute atomic E-state index is 0.108. The summed E-state index contributed by atoms with van der Waals surface area (Å²) in [5.74, 6) is 0.108. The van der Waals surface area contributed by atoms with E-state index in [0.29, 0.717) is 11.3 Å². The summed E-state index contributed by atoms with van der Waals surface area (Å²) in [4.78, 5) is 1.52. The van der Waals surface area contributed by atoms with Gasteiger partial charge in [0.2, 0.25) is 0 Å². The number of rotatable bonds is 5. The smallest absolute Gasteiger partial charge is 0.150 e. The fourth-order valence-electron chi connectivity index (χ4n) is 4.15. The summed E-state index contributed by atoms with van der Waals surface area (Å²) in [5, 5.41) is 20.7. The van der Waals surface area contributed by atoms with Gasteiger partial charge in [0.25, 0.3) is 0 Å². The van der Waals surface area contributed by atoms with Gasteiger partial charge < -0.3 is 5.11 Å². The minimum atomic E-state index is -0.317. The van der Waals surface area contributed by atoms with Gasteiger partial charge in [-0.15, -0.1) is 15.0 Å². The molecule has 5 aromatic rings. The maximum absolute atomic E-state index is 11.4. The molecule has 0 aliphatic carbocycles. The van der Waals surface area contributed by atoms with E-state index in [2.05, 4.69) is 42.8 Å². The third-order valence-corrected chi connectivity index (χ3v) is 6.26. The Labute approximate surface area is 193 Å². The summed E-state index contributed by atoms with van der Waals surface area (Å²) in [6.07, 6.45) is 0. The average molecular weight is 432 g/mol. The van der Waals surface area contributed by atoms with E-state index >= 15 is 0 Å². The molecule has 4 heteroatoms. The molecule has 1 N–H and O–H groups in total. The Morgan fingerprint density at radius 3 is 1.91 bits per heavy atom. The van der Waals surface area contributed by atoms with Crippen LogP contribution in [0.25, 0.3) is 22.3 Å². The van der Waals surface area contributed by atoms with Crippen LogP contribution in [0.1, 0.15) is 36.1 Å². The van der Waals surface area contributed by atoms with E-state index in [4.69, 9.17) is 0 Å². The van der Waals surface area contributed by atoms with E-state index in [0.717, 1.165) is 27.7 Å². The van der Waals surface area contributed by atoms with Crippen LogP contribution < -0.4 is 0 Å². The molecule has 0 saturated heterocycles. The number of fused-ring (bicyclic) bond motifs is 1. The maximum Gasteiger partial charge on any atom is 0.150 e. The van der Waals surface area contributed by atoms with Gasteiger partial charge in [0, 0.05) is 11.0 Å². The first-order chi connectivity index (χ1) is 15.9. The Morgan fingerprint density at radius 1 is 0.758 bits per heavy atom. The van der Waals surface area contributed by atoms with Crippen molar-refractivity contribution in [2.24, 2.45) is 0 Å². The van der Waals surface area contributed by atoms with Crippen LogP contribution in [0.3, 0.4) is 0 Å². The van der Waals surface area contributed by atoms with Crippen molar-refractivity contribution >= 4 is 16.6 Å². The molecule has 0 fully saturated rings. The van der Waals surface area contributed by atoms with E-state index < -0.39 is 0 Å². The lowest BCUT2D eigenvalue weighted by Gasteiger charge is -2.28. The zero-order valence-electron chi connectivity index (χ0n) is 18.7. The molecule has 0 unspecified atom stereocenters. The molecule has 0 spiro atoms. The van der Waals surface area contributed by atoms with Crippen LogP contribution in [-0.4, -0.2) is 20.1 Å². The normalized spacial score (nSPS) is 11.6. The van der Waals surface area contributed by atoms with E-state index in [1.165, 1.54) is 10.4 Å². The number of hydrogen-bond donors (Lipinski definition) is 1. The lowest BCUT2D eigenvalue weighted by Crippen LogP contribution is -2.20. The predicted molar refractivity (Wildman–Crippen MR) is 134 cm³/mol. The van der Waals surface area contributed by atoms with Crippen LogP contribution in [0.2, 0.25) is 0 Å². The molecule has 5 rings (SSSR count). The Bertz CT molecular complexity index is 1420. The molecule has 0 saturated carbocycles. The van der Waals surface area contributed by atoms with Crippen LogP contribution in [0.5, 0.6) is 5.75 Å². The van der Waals surface area contributed by atoms with Gasteiger partial charge in [0.05, 0.1) is 0 Å². The summed E-state index contributed by atoms with van der Waals surface area (Å²) < 4.78 is 0. The summed E-state index contributed by atoms with van der Waals surface area (Å²) >= 11 is 0. The summed E-state index contributed by atoms with van der Waals surface area (Å²) in [6, 6.07) is 32.0. The van der Waals surface area contributed by atoms with Gasteiger partial charge in [-0.2, -0.15) is 0 Å².